The summed E-state index contributed by atoms with van der Waals surface area (Å²) in [7, 11) is 0. The van der Waals surface area contributed by atoms with Gasteiger partial charge in [0.05, 0.1) is 0 Å². The summed E-state index contributed by atoms with van der Waals surface area (Å²) in [6, 6.07) is 7.68. The minimum absolute atomic E-state index is 0.222. The lowest BCUT2D eigenvalue weighted by Gasteiger charge is -1.91. The molecule has 1 rings (SSSR count). The van der Waals surface area contributed by atoms with Gasteiger partial charge in [-0.05, 0) is 12.1 Å². The lowest BCUT2D eigenvalue weighted by molar-refractivity contribution is -0.136. The summed E-state index contributed by atoms with van der Waals surface area (Å²) < 4.78 is 0. The lowest BCUT2D eigenvalue weighted by atomic mass is 10.4. The number of rotatable bonds is 1. The molecule has 1 aromatic rings. The summed E-state index contributed by atoms with van der Waals surface area (Å²) in [4.78, 5) is 11.2. The summed E-state index contributed by atoms with van der Waals surface area (Å²) in [5, 5.41) is 7.72. The molecular weight excluding hydrogens is 204 g/mol. The van der Waals surface area contributed by atoms with Gasteiger partial charge in [0.15, 0.2) is 0 Å². The topological polar surface area (TPSA) is 37.3 Å². The van der Waals surface area contributed by atoms with Crippen molar-refractivity contribution in [3.8, 4) is 0 Å². The van der Waals surface area contributed by atoms with Gasteiger partial charge in [-0.3, -0.25) is 4.79 Å². The zero-order chi connectivity index (χ0) is 10.3. The summed E-state index contributed by atoms with van der Waals surface area (Å²) >= 11 is 8.24. The fraction of sp³-hybridized carbons (Fsp3) is 0.222. The molecular formula is C9H12O2S2. The van der Waals surface area contributed by atoms with Gasteiger partial charge >= 0.3 is 5.97 Å². The molecule has 0 amide bonds. The Bertz CT molecular complexity index is 253. The monoisotopic (exact) mass is 216 g/mol. The van der Waals surface area contributed by atoms with Crippen LogP contribution in [0.3, 0.4) is 0 Å². The molecule has 0 fully saturated rings. The number of carboxylic acids is 1. The van der Waals surface area contributed by atoms with Crippen molar-refractivity contribution >= 4 is 31.2 Å². The van der Waals surface area contributed by atoms with Crippen molar-refractivity contribution in [3.63, 3.8) is 0 Å². The maximum Gasteiger partial charge on any atom is 0.303 e. The summed E-state index contributed by atoms with van der Waals surface area (Å²) in [6.07, 6.45) is 0.222. The molecule has 0 atom stereocenters. The molecule has 0 aliphatic rings. The number of benzene rings is 1. The van der Waals surface area contributed by atoms with Gasteiger partial charge in [-0.2, -0.15) is 0 Å². The molecule has 0 aliphatic carbocycles. The standard InChI is InChI=1S/C6H6S2.C3H6O2/c7-5-3-1-2-4-6(5)8;1-2-3(4)5/h1-4,7-8H;2H2,1H3,(H,4,5). The van der Waals surface area contributed by atoms with Crippen molar-refractivity contribution in [1.82, 2.24) is 0 Å². The second kappa shape index (κ2) is 6.86. The molecule has 0 unspecified atom stereocenters. The van der Waals surface area contributed by atoms with Crippen LogP contribution in [-0.2, 0) is 4.79 Å². The van der Waals surface area contributed by atoms with Crippen molar-refractivity contribution in [2.24, 2.45) is 0 Å². The van der Waals surface area contributed by atoms with Crippen LogP contribution in [-0.4, -0.2) is 11.1 Å². The number of hydrogen-bond acceptors (Lipinski definition) is 3. The van der Waals surface area contributed by atoms with Gasteiger partial charge in [0.2, 0.25) is 0 Å². The third-order valence-electron chi connectivity index (χ3n) is 1.18. The van der Waals surface area contributed by atoms with Crippen molar-refractivity contribution < 1.29 is 9.90 Å². The van der Waals surface area contributed by atoms with Crippen LogP contribution in [0.5, 0.6) is 0 Å². The number of carbonyl (C=O) groups is 1. The van der Waals surface area contributed by atoms with Crippen molar-refractivity contribution in [3.05, 3.63) is 24.3 Å². The second-order valence-electron chi connectivity index (χ2n) is 2.24. The molecule has 72 valence electrons. The maximum absolute atomic E-state index is 9.37. The van der Waals surface area contributed by atoms with Crippen molar-refractivity contribution in [2.45, 2.75) is 23.1 Å². The average molecular weight is 216 g/mol. The van der Waals surface area contributed by atoms with E-state index in [-0.39, 0.29) is 6.42 Å². The van der Waals surface area contributed by atoms with E-state index in [9.17, 15) is 4.79 Å². The highest BCUT2D eigenvalue weighted by molar-refractivity contribution is 7.83. The Hall–Kier alpha value is -0.610. The highest BCUT2D eigenvalue weighted by atomic mass is 32.1. The predicted molar refractivity (Wildman–Crippen MR) is 58.9 cm³/mol. The third kappa shape index (κ3) is 6.54. The molecule has 0 saturated carbocycles. The van der Waals surface area contributed by atoms with Crippen LogP contribution in [0.4, 0.5) is 0 Å². The van der Waals surface area contributed by atoms with Gasteiger partial charge in [0.1, 0.15) is 0 Å². The number of hydrogen-bond donors (Lipinski definition) is 3. The van der Waals surface area contributed by atoms with E-state index in [1.807, 2.05) is 24.3 Å². The van der Waals surface area contributed by atoms with E-state index in [2.05, 4.69) is 25.3 Å². The zero-order valence-electron chi connectivity index (χ0n) is 7.27. The normalized spacial score (nSPS) is 8.54. The Balaban J connectivity index is 0.000000252. The highest BCUT2D eigenvalue weighted by Crippen LogP contribution is 2.15. The molecule has 4 heteroatoms. The van der Waals surface area contributed by atoms with Crippen molar-refractivity contribution in [2.75, 3.05) is 0 Å². The van der Waals surface area contributed by atoms with Gasteiger partial charge in [-0.1, -0.05) is 19.1 Å². The largest absolute Gasteiger partial charge is 0.481 e. The molecule has 1 aromatic carbocycles. The first-order valence-corrected chi connectivity index (χ1v) is 4.66. The molecule has 1 N–H and O–H groups in total. The first-order valence-electron chi connectivity index (χ1n) is 3.76. The van der Waals surface area contributed by atoms with Gasteiger partial charge in [0.25, 0.3) is 0 Å². The molecule has 0 radical (unpaired) electrons. The smallest absolute Gasteiger partial charge is 0.303 e. The minimum Gasteiger partial charge on any atom is -0.481 e. The van der Waals surface area contributed by atoms with Crippen LogP contribution in [0.15, 0.2) is 34.1 Å². The first-order chi connectivity index (χ1) is 6.07. The van der Waals surface area contributed by atoms with Crippen LogP contribution in [0.2, 0.25) is 0 Å². The number of thiol groups is 2. The third-order valence-corrected chi connectivity index (χ3v) is 2.14. The summed E-state index contributed by atoms with van der Waals surface area (Å²) in [5.74, 6) is -0.745. The fourth-order valence-electron chi connectivity index (χ4n) is 0.464. The molecule has 0 bridgehead atoms. The first kappa shape index (κ1) is 12.4. The summed E-state index contributed by atoms with van der Waals surface area (Å²) in [6.45, 7) is 1.60. The van der Waals surface area contributed by atoms with Crippen LogP contribution in [0, 0.1) is 0 Å². The van der Waals surface area contributed by atoms with E-state index in [1.165, 1.54) is 0 Å². The van der Waals surface area contributed by atoms with E-state index in [4.69, 9.17) is 5.11 Å². The molecule has 0 saturated heterocycles. The van der Waals surface area contributed by atoms with Gasteiger partial charge in [0, 0.05) is 16.2 Å². The van der Waals surface area contributed by atoms with Crippen LogP contribution < -0.4 is 0 Å². The molecule has 0 aromatic heterocycles. The Morgan fingerprint density at radius 3 is 1.77 bits per heavy atom. The fourth-order valence-corrected chi connectivity index (χ4v) is 0.785. The molecule has 0 aliphatic heterocycles. The van der Waals surface area contributed by atoms with E-state index in [1.54, 1.807) is 6.92 Å². The molecule has 0 spiro atoms. The number of aliphatic carboxylic acids is 1. The van der Waals surface area contributed by atoms with Gasteiger partial charge in [-0.25, -0.2) is 0 Å². The van der Waals surface area contributed by atoms with Crippen LogP contribution >= 0.6 is 25.3 Å². The minimum atomic E-state index is -0.745. The van der Waals surface area contributed by atoms with Crippen LogP contribution in [0.25, 0.3) is 0 Å². The van der Waals surface area contributed by atoms with E-state index in [0.717, 1.165) is 9.79 Å². The Labute approximate surface area is 88.8 Å². The average Bonchev–Trinajstić information content (AvgIpc) is 2.11. The van der Waals surface area contributed by atoms with Gasteiger partial charge < -0.3 is 5.11 Å². The molecule has 0 heterocycles. The van der Waals surface area contributed by atoms with Gasteiger partial charge in [-0.15, -0.1) is 25.3 Å². The Morgan fingerprint density at radius 2 is 1.62 bits per heavy atom. The SMILES string of the molecule is CCC(=O)O.Sc1ccccc1S. The summed E-state index contributed by atoms with van der Waals surface area (Å²) in [5.41, 5.74) is 0. The van der Waals surface area contributed by atoms with E-state index < -0.39 is 5.97 Å². The predicted octanol–water partition coefficient (Wildman–Crippen LogP) is 2.75. The quantitative estimate of drug-likeness (QED) is 0.631. The molecule has 13 heavy (non-hydrogen) atoms. The van der Waals surface area contributed by atoms with E-state index in [0.29, 0.717) is 0 Å². The Kier molecular flexibility index (Phi) is 6.54. The highest BCUT2D eigenvalue weighted by Gasteiger charge is 1.86. The Morgan fingerprint density at radius 1 is 1.31 bits per heavy atom. The van der Waals surface area contributed by atoms with Crippen molar-refractivity contribution in [1.29, 1.82) is 0 Å². The molecule has 2 nitrogen and oxygen atoms in total. The van der Waals surface area contributed by atoms with E-state index >= 15 is 0 Å². The van der Waals surface area contributed by atoms with Crippen LogP contribution in [0.1, 0.15) is 13.3 Å². The number of carboxylic acid groups (broad SMARTS) is 1. The second-order valence-corrected chi connectivity index (χ2v) is 3.20. The lowest BCUT2D eigenvalue weighted by Crippen LogP contribution is -1.86. The maximum atomic E-state index is 9.37. The zero-order valence-corrected chi connectivity index (χ0v) is 9.06.